The SMILES string of the molecule is CN(C)C/C=C/CC(=O)Nc1cccc(S(=O)(=O)N2CCC(N(C)C(=O)c3[nH]ncc3NC(=O)c3c(Cl)cccc3Cl)CC2)c1. The Bertz CT molecular complexity index is 1660. The number of carbonyl (C=O) groups excluding carboxylic acids is 3. The van der Waals surface area contributed by atoms with Crippen LogP contribution in [0.2, 0.25) is 10.0 Å². The molecule has 1 aliphatic rings. The molecule has 0 saturated carbocycles. The van der Waals surface area contributed by atoms with Gasteiger partial charge in [-0.15, -0.1) is 0 Å². The maximum Gasteiger partial charge on any atom is 0.274 e. The van der Waals surface area contributed by atoms with Gasteiger partial charge in [-0.05, 0) is 57.3 Å². The lowest BCUT2D eigenvalue weighted by atomic mass is 10.0. The highest BCUT2D eigenvalue weighted by Gasteiger charge is 2.33. The number of rotatable bonds is 11. The second kappa shape index (κ2) is 15.0. The minimum Gasteiger partial charge on any atom is -0.337 e. The lowest BCUT2D eigenvalue weighted by Crippen LogP contribution is -2.47. The molecule has 15 heteroatoms. The van der Waals surface area contributed by atoms with Crippen molar-refractivity contribution in [3.8, 4) is 0 Å². The van der Waals surface area contributed by atoms with Crippen LogP contribution in [0.25, 0.3) is 0 Å². The number of piperidine rings is 1. The Morgan fingerprint density at radius 1 is 1.02 bits per heavy atom. The highest BCUT2D eigenvalue weighted by molar-refractivity contribution is 7.89. The molecule has 1 aromatic heterocycles. The van der Waals surface area contributed by atoms with Crippen LogP contribution >= 0.6 is 23.2 Å². The summed E-state index contributed by atoms with van der Waals surface area (Å²) >= 11 is 12.3. The maximum absolute atomic E-state index is 13.5. The molecule has 240 valence electrons. The van der Waals surface area contributed by atoms with Crippen LogP contribution in [-0.4, -0.2) is 97.3 Å². The zero-order chi connectivity index (χ0) is 32.7. The number of hydrogen-bond donors (Lipinski definition) is 3. The lowest BCUT2D eigenvalue weighted by molar-refractivity contribution is -0.115. The Morgan fingerprint density at radius 3 is 2.36 bits per heavy atom. The van der Waals surface area contributed by atoms with E-state index in [1.807, 2.05) is 25.1 Å². The van der Waals surface area contributed by atoms with Crippen molar-refractivity contribution < 1.29 is 22.8 Å². The number of halogens is 2. The van der Waals surface area contributed by atoms with E-state index in [1.54, 1.807) is 31.3 Å². The monoisotopic (exact) mass is 675 g/mol. The minimum absolute atomic E-state index is 0.0659. The molecular formula is C30H35Cl2N7O5S. The second-order valence-electron chi connectivity index (χ2n) is 10.8. The van der Waals surface area contributed by atoms with Gasteiger partial charge in [0.25, 0.3) is 11.8 Å². The molecule has 0 bridgehead atoms. The highest BCUT2D eigenvalue weighted by Crippen LogP contribution is 2.28. The van der Waals surface area contributed by atoms with Crippen LogP contribution in [0.15, 0.2) is 65.7 Å². The van der Waals surface area contributed by atoms with Crippen LogP contribution < -0.4 is 10.6 Å². The molecule has 2 heterocycles. The summed E-state index contributed by atoms with van der Waals surface area (Å²) in [6.07, 6.45) is 5.93. The fraction of sp³-hybridized carbons (Fsp3) is 0.333. The molecule has 1 fully saturated rings. The summed E-state index contributed by atoms with van der Waals surface area (Å²) in [4.78, 5) is 42.1. The van der Waals surface area contributed by atoms with E-state index in [9.17, 15) is 22.8 Å². The normalized spacial score (nSPS) is 14.5. The number of amides is 3. The van der Waals surface area contributed by atoms with E-state index in [0.29, 0.717) is 25.1 Å². The van der Waals surface area contributed by atoms with Gasteiger partial charge in [-0.3, -0.25) is 19.5 Å². The minimum atomic E-state index is -3.84. The highest BCUT2D eigenvalue weighted by atomic mass is 35.5. The zero-order valence-corrected chi connectivity index (χ0v) is 27.4. The standard InChI is InChI=1S/C30H35Cl2N7O5S/c1-37(2)15-5-4-12-26(40)34-20-8-6-9-22(18-20)45(43,44)39-16-13-21(14-17-39)38(3)30(42)28-25(19-33-36-28)35-29(41)27-23(31)10-7-11-24(27)32/h4-11,18-19,21H,12-17H2,1-3H3,(H,33,36)(H,34,40)(H,35,41)/b5-4+. The number of carbonyl (C=O) groups is 3. The molecule has 1 aliphatic heterocycles. The third kappa shape index (κ3) is 8.50. The number of benzene rings is 2. The van der Waals surface area contributed by atoms with Crippen LogP contribution in [-0.2, 0) is 14.8 Å². The van der Waals surface area contributed by atoms with Crippen LogP contribution in [0.4, 0.5) is 11.4 Å². The Kier molecular flexibility index (Phi) is 11.4. The lowest BCUT2D eigenvalue weighted by Gasteiger charge is -2.36. The molecule has 12 nitrogen and oxygen atoms in total. The fourth-order valence-corrected chi connectivity index (χ4v) is 6.91. The molecule has 3 amide bonds. The second-order valence-corrected chi connectivity index (χ2v) is 13.5. The van der Waals surface area contributed by atoms with Crippen molar-refractivity contribution in [2.24, 2.45) is 0 Å². The summed E-state index contributed by atoms with van der Waals surface area (Å²) in [5.41, 5.74) is 0.685. The van der Waals surface area contributed by atoms with Gasteiger partial charge in [-0.2, -0.15) is 9.40 Å². The quantitative estimate of drug-likeness (QED) is 0.256. The van der Waals surface area contributed by atoms with Gasteiger partial charge >= 0.3 is 0 Å². The first-order chi connectivity index (χ1) is 21.4. The molecule has 0 spiro atoms. The average molecular weight is 677 g/mol. The molecular weight excluding hydrogens is 641 g/mol. The molecule has 3 aromatic rings. The molecule has 0 atom stereocenters. The number of likely N-dealkylation sites (N-methyl/N-ethyl adjacent to an activating group) is 1. The van der Waals surface area contributed by atoms with Crippen LogP contribution in [0.3, 0.4) is 0 Å². The third-order valence-corrected chi connectivity index (χ3v) is 9.80. The van der Waals surface area contributed by atoms with E-state index < -0.39 is 21.8 Å². The van der Waals surface area contributed by atoms with Gasteiger partial charge in [-0.1, -0.05) is 47.5 Å². The zero-order valence-electron chi connectivity index (χ0n) is 25.1. The molecule has 2 aromatic carbocycles. The first-order valence-electron chi connectivity index (χ1n) is 14.1. The average Bonchev–Trinajstić information content (AvgIpc) is 3.46. The van der Waals surface area contributed by atoms with Gasteiger partial charge in [0.1, 0.15) is 5.69 Å². The maximum atomic E-state index is 13.5. The van der Waals surface area contributed by atoms with Crippen LogP contribution in [0, 0.1) is 0 Å². The Morgan fingerprint density at radius 2 is 1.69 bits per heavy atom. The smallest absolute Gasteiger partial charge is 0.274 e. The van der Waals surface area contributed by atoms with E-state index in [0.717, 1.165) is 0 Å². The molecule has 0 aliphatic carbocycles. The Hall–Kier alpha value is -3.75. The topological polar surface area (TPSA) is 148 Å². The Labute approximate surface area is 272 Å². The van der Waals surface area contributed by atoms with Crippen molar-refractivity contribution in [1.29, 1.82) is 0 Å². The summed E-state index contributed by atoms with van der Waals surface area (Å²) < 4.78 is 28.3. The molecule has 4 rings (SSSR count). The summed E-state index contributed by atoms with van der Waals surface area (Å²) in [5.74, 6) is -1.27. The van der Waals surface area contributed by atoms with Gasteiger partial charge in [-0.25, -0.2) is 8.42 Å². The number of nitrogens with one attached hydrogen (secondary N) is 3. The number of aromatic nitrogens is 2. The molecule has 3 N–H and O–H groups in total. The predicted octanol–water partition coefficient (Wildman–Crippen LogP) is 4.34. The summed E-state index contributed by atoms with van der Waals surface area (Å²) in [5, 5.41) is 12.3. The van der Waals surface area contributed by atoms with Crippen molar-refractivity contribution in [2.45, 2.75) is 30.2 Å². The number of nitrogens with zero attached hydrogens (tertiary/aromatic N) is 4. The van der Waals surface area contributed by atoms with Crippen molar-refractivity contribution in [1.82, 2.24) is 24.3 Å². The van der Waals surface area contributed by atoms with Crippen molar-refractivity contribution in [3.63, 3.8) is 0 Å². The van der Waals surface area contributed by atoms with Crippen molar-refractivity contribution in [3.05, 3.63) is 82.1 Å². The van der Waals surface area contributed by atoms with E-state index in [2.05, 4.69) is 20.8 Å². The summed E-state index contributed by atoms with van der Waals surface area (Å²) in [7, 11) is 1.63. The number of hydrogen-bond acceptors (Lipinski definition) is 7. The van der Waals surface area contributed by atoms with Crippen LogP contribution in [0.5, 0.6) is 0 Å². The van der Waals surface area contributed by atoms with Gasteiger partial charge in [0.2, 0.25) is 15.9 Å². The number of H-pyrrole nitrogens is 1. The van der Waals surface area contributed by atoms with Gasteiger partial charge in [0.15, 0.2) is 0 Å². The Balaban J connectivity index is 1.36. The molecule has 0 radical (unpaired) electrons. The third-order valence-electron chi connectivity index (χ3n) is 7.28. The van der Waals surface area contributed by atoms with Gasteiger partial charge in [0.05, 0.1) is 32.4 Å². The summed E-state index contributed by atoms with van der Waals surface area (Å²) in [6, 6.07) is 10.6. The number of aromatic amines is 1. The van der Waals surface area contributed by atoms with Crippen molar-refractivity contribution >= 4 is 62.3 Å². The van der Waals surface area contributed by atoms with E-state index in [-0.39, 0.29) is 63.3 Å². The first kappa shape index (κ1) is 34.1. The number of sulfonamides is 1. The van der Waals surface area contributed by atoms with Crippen molar-refractivity contribution in [2.75, 3.05) is 51.4 Å². The van der Waals surface area contributed by atoms with E-state index >= 15 is 0 Å². The number of anilines is 2. The summed E-state index contributed by atoms with van der Waals surface area (Å²) in [6.45, 7) is 1.09. The molecule has 1 saturated heterocycles. The van der Waals surface area contributed by atoms with Gasteiger partial charge in [0, 0.05) is 44.8 Å². The van der Waals surface area contributed by atoms with Gasteiger partial charge < -0.3 is 20.4 Å². The fourth-order valence-electron chi connectivity index (χ4n) is 4.83. The molecule has 0 unspecified atom stereocenters. The predicted molar refractivity (Wildman–Crippen MR) is 174 cm³/mol. The van der Waals surface area contributed by atoms with Crippen LogP contribution in [0.1, 0.15) is 40.1 Å². The van der Waals surface area contributed by atoms with E-state index in [4.69, 9.17) is 23.2 Å². The largest absolute Gasteiger partial charge is 0.337 e. The first-order valence-corrected chi connectivity index (χ1v) is 16.3. The molecule has 45 heavy (non-hydrogen) atoms. The van der Waals surface area contributed by atoms with E-state index in [1.165, 1.54) is 39.7 Å².